The van der Waals surface area contributed by atoms with E-state index in [-0.39, 0.29) is 17.6 Å². The largest absolute Gasteiger partial charge is 0.374 e. The number of nitrogens with one attached hydrogen (secondary N) is 2. The van der Waals surface area contributed by atoms with Crippen molar-refractivity contribution in [1.29, 1.82) is 0 Å². The van der Waals surface area contributed by atoms with Crippen molar-refractivity contribution in [1.82, 2.24) is 5.32 Å². The molecule has 0 spiro atoms. The van der Waals surface area contributed by atoms with Gasteiger partial charge in [-0.1, -0.05) is 6.07 Å². The van der Waals surface area contributed by atoms with E-state index >= 15 is 0 Å². The van der Waals surface area contributed by atoms with Crippen LogP contribution in [0.3, 0.4) is 0 Å². The molecule has 1 saturated heterocycles. The summed E-state index contributed by atoms with van der Waals surface area (Å²) in [5.74, 6) is -0.986. The van der Waals surface area contributed by atoms with Gasteiger partial charge in [-0.15, -0.1) is 0 Å². The molecule has 1 unspecified atom stereocenters. The molecule has 1 aromatic rings. The molecule has 4 N–H and O–H groups in total. The van der Waals surface area contributed by atoms with Crippen LogP contribution in [0.4, 0.5) is 10.1 Å². The third kappa shape index (κ3) is 3.81. The lowest BCUT2D eigenvalue weighted by Crippen LogP contribution is -2.47. The van der Waals surface area contributed by atoms with Crippen LogP contribution in [0.1, 0.15) is 12.8 Å². The number of benzene rings is 1. The van der Waals surface area contributed by atoms with E-state index < -0.39 is 6.04 Å². The summed E-state index contributed by atoms with van der Waals surface area (Å²) in [6.45, 7) is 0. The first-order valence-corrected chi connectivity index (χ1v) is 5.59. The Morgan fingerprint density at radius 2 is 2.11 bits per heavy atom. The molecule has 6 heteroatoms. The highest BCUT2D eigenvalue weighted by Crippen LogP contribution is 2.14. The predicted octanol–water partition coefficient (Wildman–Crippen LogP) is 0.618. The van der Waals surface area contributed by atoms with E-state index in [1.165, 1.54) is 19.2 Å². The summed E-state index contributed by atoms with van der Waals surface area (Å²) >= 11 is 0. The lowest BCUT2D eigenvalue weighted by atomic mass is 10.1. The average Bonchev–Trinajstić information content (AvgIpc) is 2.35. The molecule has 0 bridgehead atoms. The van der Waals surface area contributed by atoms with Gasteiger partial charge in [-0.3, -0.25) is 14.9 Å². The van der Waals surface area contributed by atoms with Crippen LogP contribution >= 0.6 is 0 Å². The fourth-order valence-electron chi connectivity index (χ4n) is 1.61. The number of piperidine rings is 1. The molecule has 0 aliphatic carbocycles. The van der Waals surface area contributed by atoms with E-state index in [2.05, 4.69) is 16.4 Å². The number of rotatable bonds is 2. The second-order valence-corrected chi connectivity index (χ2v) is 3.66. The Hall–Kier alpha value is -1.95. The second-order valence-electron chi connectivity index (χ2n) is 3.66. The van der Waals surface area contributed by atoms with Crippen LogP contribution < -0.4 is 16.4 Å². The van der Waals surface area contributed by atoms with Crippen LogP contribution in [0.5, 0.6) is 0 Å². The van der Waals surface area contributed by atoms with Crippen molar-refractivity contribution in [3.8, 4) is 0 Å². The number of hydrogen-bond donors (Lipinski definition) is 3. The zero-order valence-corrected chi connectivity index (χ0v) is 10.1. The minimum absolute atomic E-state index is 0.262. The van der Waals surface area contributed by atoms with Crippen LogP contribution in [-0.2, 0) is 9.59 Å². The van der Waals surface area contributed by atoms with Crippen molar-refractivity contribution in [3.63, 3.8) is 0 Å². The molecular formula is C12H16FN3O2. The van der Waals surface area contributed by atoms with Crippen LogP contribution in [-0.4, -0.2) is 24.9 Å². The fraction of sp³-hybridized carbons (Fsp3) is 0.333. The lowest BCUT2D eigenvalue weighted by Gasteiger charge is -2.22. The summed E-state index contributed by atoms with van der Waals surface area (Å²) in [5, 5.41) is 5.12. The Balaban J connectivity index is 0.000000771. The highest BCUT2D eigenvalue weighted by atomic mass is 19.1. The number of carbonyl (C=O) groups is 2. The summed E-state index contributed by atoms with van der Waals surface area (Å²) in [6, 6.07) is 5.40. The van der Waals surface area contributed by atoms with Crippen molar-refractivity contribution >= 4 is 17.5 Å². The SMILES string of the molecule is CN.O=C1CCC(Nc2cccc(F)c2)C(=O)N1. The van der Waals surface area contributed by atoms with Gasteiger partial charge in [-0.2, -0.15) is 0 Å². The van der Waals surface area contributed by atoms with Crippen molar-refractivity contribution in [2.75, 3.05) is 12.4 Å². The molecule has 1 aliphatic heterocycles. The van der Waals surface area contributed by atoms with Gasteiger partial charge in [0.25, 0.3) is 0 Å². The van der Waals surface area contributed by atoms with Gasteiger partial charge in [-0.25, -0.2) is 4.39 Å². The van der Waals surface area contributed by atoms with Gasteiger partial charge in [0, 0.05) is 12.1 Å². The number of anilines is 1. The molecule has 5 nitrogen and oxygen atoms in total. The van der Waals surface area contributed by atoms with E-state index in [9.17, 15) is 14.0 Å². The van der Waals surface area contributed by atoms with E-state index in [0.29, 0.717) is 18.5 Å². The van der Waals surface area contributed by atoms with E-state index in [1.807, 2.05) is 0 Å². The minimum Gasteiger partial charge on any atom is -0.374 e. The van der Waals surface area contributed by atoms with Crippen LogP contribution in [0.15, 0.2) is 24.3 Å². The maximum absolute atomic E-state index is 12.9. The number of hydrogen-bond acceptors (Lipinski definition) is 4. The van der Waals surface area contributed by atoms with Crippen molar-refractivity contribution in [3.05, 3.63) is 30.1 Å². The van der Waals surface area contributed by atoms with Crippen molar-refractivity contribution in [2.24, 2.45) is 5.73 Å². The molecule has 98 valence electrons. The van der Waals surface area contributed by atoms with Gasteiger partial charge in [0.05, 0.1) is 0 Å². The highest BCUT2D eigenvalue weighted by Gasteiger charge is 2.26. The smallest absolute Gasteiger partial charge is 0.249 e. The summed E-state index contributed by atoms with van der Waals surface area (Å²) in [4.78, 5) is 22.3. The molecular weight excluding hydrogens is 237 g/mol. The Morgan fingerprint density at radius 1 is 1.39 bits per heavy atom. The molecule has 1 atom stereocenters. The Labute approximate surface area is 105 Å². The molecule has 2 rings (SSSR count). The monoisotopic (exact) mass is 253 g/mol. The van der Waals surface area contributed by atoms with Crippen LogP contribution in [0.2, 0.25) is 0 Å². The minimum atomic E-state index is -0.473. The van der Waals surface area contributed by atoms with E-state index in [0.717, 1.165) is 0 Å². The first-order valence-electron chi connectivity index (χ1n) is 5.59. The third-order valence-electron chi connectivity index (χ3n) is 2.40. The zero-order chi connectivity index (χ0) is 13.5. The summed E-state index contributed by atoms with van der Waals surface area (Å²) < 4.78 is 12.9. The van der Waals surface area contributed by atoms with Gasteiger partial charge in [-0.05, 0) is 31.7 Å². The summed E-state index contributed by atoms with van der Waals surface area (Å²) in [5.41, 5.74) is 5.04. The topological polar surface area (TPSA) is 84.2 Å². The lowest BCUT2D eigenvalue weighted by molar-refractivity contribution is -0.133. The van der Waals surface area contributed by atoms with Gasteiger partial charge in [0.2, 0.25) is 11.8 Å². The maximum atomic E-state index is 12.9. The third-order valence-corrected chi connectivity index (χ3v) is 2.40. The molecule has 18 heavy (non-hydrogen) atoms. The first-order chi connectivity index (χ1) is 8.65. The number of nitrogens with two attached hydrogens (primary N) is 1. The Kier molecular flexibility index (Phi) is 5.26. The molecule has 1 heterocycles. The van der Waals surface area contributed by atoms with Gasteiger partial charge in [0.1, 0.15) is 11.9 Å². The zero-order valence-electron chi connectivity index (χ0n) is 10.1. The Bertz CT molecular complexity index is 437. The molecule has 0 saturated carbocycles. The summed E-state index contributed by atoms with van der Waals surface area (Å²) in [7, 11) is 1.50. The fourth-order valence-corrected chi connectivity index (χ4v) is 1.61. The Morgan fingerprint density at radius 3 is 2.72 bits per heavy atom. The normalized spacial score (nSPS) is 18.5. The molecule has 1 aliphatic rings. The van der Waals surface area contributed by atoms with Gasteiger partial charge < -0.3 is 11.1 Å². The molecule has 0 aromatic heterocycles. The predicted molar refractivity (Wildman–Crippen MR) is 66.3 cm³/mol. The number of carbonyl (C=O) groups excluding carboxylic acids is 2. The van der Waals surface area contributed by atoms with E-state index in [1.54, 1.807) is 12.1 Å². The van der Waals surface area contributed by atoms with Gasteiger partial charge in [0.15, 0.2) is 0 Å². The summed E-state index contributed by atoms with van der Waals surface area (Å²) in [6.07, 6.45) is 0.736. The molecule has 2 amide bonds. The highest BCUT2D eigenvalue weighted by molar-refractivity contribution is 6.01. The first kappa shape index (κ1) is 14.1. The van der Waals surface area contributed by atoms with Gasteiger partial charge >= 0.3 is 0 Å². The quantitative estimate of drug-likeness (QED) is 0.674. The number of halogens is 1. The van der Waals surface area contributed by atoms with Crippen LogP contribution in [0, 0.1) is 5.82 Å². The molecule has 0 radical (unpaired) electrons. The van der Waals surface area contributed by atoms with Crippen molar-refractivity contribution < 1.29 is 14.0 Å². The van der Waals surface area contributed by atoms with E-state index in [4.69, 9.17) is 0 Å². The molecule has 1 fully saturated rings. The molecule has 1 aromatic carbocycles. The van der Waals surface area contributed by atoms with Crippen LogP contribution in [0.25, 0.3) is 0 Å². The second kappa shape index (κ2) is 6.70. The maximum Gasteiger partial charge on any atom is 0.249 e. The number of amides is 2. The standard InChI is InChI=1S/C11H11FN2O2.CH5N/c12-7-2-1-3-8(6-7)13-9-4-5-10(15)14-11(9)16;1-2/h1-3,6,9,13H,4-5H2,(H,14,15,16);2H2,1H3. The average molecular weight is 253 g/mol. The number of imide groups is 1. The van der Waals surface area contributed by atoms with Crippen molar-refractivity contribution in [2.45, 2.75) is 18.9 Å².